The van der Waals surface area contributed by atoms with E-state index in [0.717, 1.165) is 6.54 Å². The quantitative estimate of drug-likeness (QED) is 0.285. The number of esters is 1. The molecule has 8 heteroatoms. The second-order valence-corrected chi connectivity index (χ2v) is 7.99. The van der Waals surface area contributed by atoms with E-state index in [9.17, 15) is 19.5 Å². The predicted octanol–water partition coefficient (Wildman–Crippen LogP) is 2.86. The van der Waals surface area contributed by atoms with Gasteiger partial charge in [0, 0.05) is 12.1 Å². The van der Waals surface area contributed by atoms with E-state index in [1.54, 1.807) is 48.5 Å². The number of aliphatic hydroxyl groups is 1. The summed E-state index contributed by atoms with van der Waals surface area (Å²) >= 11 is 0. The number of hydrogen-bond donors (Lipinski definition) is 1. The van der Waals surface area contributed by atoms with E-state index in [4.69, 9.17) is 9.47 Å². The molecule has 0 spiro atoms. The first-order chi connectivity index (χ1) is 15.8. The lowest BCUT2D eigenvalue weighted by atomic mass is 9.94. The van der Waals surface area contributed by atoms with Crippen molar-refractivity contribution in [3.8, 4) is 5.75 Å². The van der Waals surface area contributed by atoms with Crippen molar-refractivity contribution >= 4 is 23.4 Å². The Morgan fingerprint density at radius 1 is 1.06 bits per heavy atom. The molecule has 174 valence electrons. The zero-order valence-corrected chi connectivity index (χ0v) is 19.2. The number of likely N-dealkylation sites (tertiary alicyclic amines) is 1. The van der Waals surface area contributed by atoms with Gasteiger partial charge in [-0.2, -0.15) is 0 Å². The normalized spacial score (nSPS) is 17.5. The molecule has 1 fully saturated rings. The molecule has 1 aliphatic rings. The van der Waals surface area contributed by atoms with Gasteiger partial charge in [-0.15, -0.1) is 0 Å². The summed E-state index contributed by atoms with van der Waals surface area (Å²) in [7, 11) is 6.66. The van der Waals surface area contributed by atoms with Gasteiger partial charge in [0.15, 0.2) is 0 Å². The van der Waals surface area contributed by atoms with Crippen molar-refractivity contribution in [3.05, 3.63) is 70.8 Å². The number of ether oxygens (including phenoxy) is 2. The monoisotopic (exact) mass is 452 g/mol. The lowest BCUT2D eigenvalue weighted by Gasteiger charge is -2.26. The molecule has 0 radical (unpaired) electrons. The van der Waals surface area contributed by atoms with Gasteiger partial charge in [0.05, 0.1) is 31.4 Å². The molecule has 0 saturated carbocycles. The minimum absolute atomic E-state index is 0.00363. The van der Waals surface area contributed by atoms with Crippen LogP contribution in [0.4, 0.5) is 0 Å². The summed E-state index contributed by atoms with van der Waals surface area (Å²) in [5.74, 6) is -1.66. The maximum atomic E-state index is 13.1. The van der Waals surface area contributed by atoms with E-state index in [0.29, 0.717) is 35.4 Å². The lowest BCUT2D eigenvalue weighted by molar-refractivity contribution is -0.139. The highest BCUT2D eigenvalue weighted by Gasteiger charge is 2.45. The van der Waals surface area contributed by atoms with Gasteiger partial charge in [-0.05, 0) is 56.9 Å². The van der Waals surface area contributed by atoms with Crippen LogP contribution in [0.25, 0.3) is 5.76 Å². The summed E-state index contributed by atoms with van der Waals surface area (Å²) in [5.41, 5.74) is 1.33. The second-order valence-electron chi connectivity index (χ2n) is 7.99. The van der Waals surface area contributed by atoms with Crippen molar-refractivity contribution < 1.29 is 29.0 Å². The molecule has 33 heavy (non-hydrogen) atoms. The molecule has 0 unspecified atom stereocenters. The highest BCUT2D eigenvalue weighted by Crippen LogP contribution is 2.39. The van der Waals surface area contributed by atoms with Crippen molar-refractivity contribution in [2.24, 2.45) is 0 Å². The van der Waals surface area contributed by atoms with Gasteiger partial charge in [0.25, 0.3) is 11.7 Å². The fourth-order valence-corrected chi connectivity index (χ4v) is 3.86. The first-order valence-corrected chi connectivity index (χ1v) is 10.5. The number of aliphatic hydroxyl groups excluding tert-OH is 1. The Kier molecular flexibility index (Phi) is 7.50. The lowest BCUT2D eigenvalue weighted by Crippen LogP contribution is -2.32. The fraction of sp³-hybridized carbons (Fsp3) is 0.320. The number of Topliss-reactive ketones (excluding diaryl/α,β-unsaturated/α-hetero) is 1. The highest BCUT2D eigenvalue weighted by atomic mass is 16.5. The molecule has 1 heterocycles. The molecule has 3 rings (SSSR count). The Bertz CT molecular complexity index is 1070. The summed E-state index contributed by atoms with van der Waals surface area (Å²) in [6.07, 6.45) is 0.649. The summed E-state index contributed by atoms with van der Waals surface area (Å²) in [6.45, 7) is 1.06. The number of ketones is 1. The van der Waals surface area contributed by atoms with Crippen LogP contribution in [0, 0.1) is 0 Å². The molecule has 1 N–H and O–H groups in total. The number of carbonyl (C=O) groups is 3. The van der Waals surface area contributed by atoms with Crippen LogP contribution in [0.3, 0.4) is 0 Å². The molecular weight excluding hydrogens is 424 g/mol. The SMILES string of the molecule is COC(=O)c1ccc([C@H]2/C(=C(/O)c3cccc(OC)c3)C(=O)C(=O)N2CCCN(C)C)cc1. The molecular formula is C25H28N2O6. The van der Waals surface area contributed by atoms with Crippen LogP contribution in [0.1, 0.15) is 33.9 Å². The van der Waals surface area contributed by atoms with Crippen molar-refractivity contribution in [1.82, 2.24) is 9.80 Å². The van der Waals surface area contributed by atoms with Crippen LogP contribution in [-0.4, -0.2) is 74.0 Å². The van der Waals surface area contributed by atoms with Crippen molar-refractivity contribution in [2.45, 2.75) is 12.5 Å². The standard InChI is InChI=1S/C25H28N2O6/c1-26(2)13-6-14-27-21(16-9-11-17(12-10-16)25(31)33-4)20(23(29)24(27)30)22(28)18-7-5-8-19(15-18)32-3/h5,7-12,15,21,28H,6,13-14H2,1-4H3/b22-20-/t21-/m0/s1. The fourth-order valence-electron chi connectivity index (χ4n) is 3.86. The maximum Gasteiger partial charge on any atom is 0.337 e. The molecule has 2 aromatic rings. The van der Waals surface area contributed by atoms with E-state index in [1.165, 1.54) is 19.1 Å². The minimum atomic E-state index is -0.787. The Labute approximate surface area is 193 Å². The number of methoxy groups -OCH3 is 2. The summed E-state index contributed by atoms with van der Waals surface area (Å²) in [5, 5.41) is 11.1. The largest absolute Gasteiger partial charge is 0.507 e. The van der Waals surface area contributed by atoms with Crippen LogP contribution >= 0.6 is 0 Å². The summed E-state index contributed by atoms with van der Waals surface area (Å²) in [6, 6.07) is 12.4. The van der Waals surface area contributed by atoms with Crippen molar-refractivity contribution in [1.29, 1.82) is 0 Å². The minimum Gasteiger partial charge on any atom is -0.507 e. The smallest absolute Gasteiger partial charge is 0.337 e. The van der Waals surface area contributed by atoms with E-state index in [2.05, 4.69) is 0 Å². The Balaban J connectivity index is 2.10. The molecule has 0 aromatic heterocycles. The summed E-state index contributed by atoms with van der Waals surface area (Å²) in [4.78, 5) is 41.3. The van der Waals surface area contributed by atoms with E-state index in [-0.39, 0.29) is 11.3 Å². The van der Waals surface area contributed by atoms with Crippen molar-refractivity contribution in [3.63, 3.8) is 0 Å². The van der Waals surface area contributed by atoms with E-state index < -0.39 is 23.7 Å². The molecule has 1 atom stereocenters. The van der Waals surface area contributed by atoms with Crippen LogP contribution in [0.15, 0.2) is 54.1 Å². The van der Waals surface area contributed by atoms with Crippen LogP contribution in [0.2, 0.25) is 0 Å². The first-order valence-electron chi connectivity index (χ1n) is 10.5. The zero-order chi connectivity index (χ0) is 24.1. The van der Waals surface area contributed by atoms with Crippen LogP contribution in [-0.2, 0) is 14.3 Å². The highest BCUT2D eigenvalue weighted by molar-refractivity contribution is 6.46. The number of hydrogen-bond acceptors (Lipinski definition) is 7. The predicted molar refractivity (Wildman–Crippen MR) is 123 cm³/mol. The Hall–Kier alpha value is -3.65. The molecule has 1 amide bonds. The first kappa shape index (κ1) is 24.0. The van der Waals surface area contributed by atoms with Gasteiger partial charge in [-0.3, -0.25) is 9.59 Å². The second kappa shape index (κ2) is 10.3. The molecule has 1 aliphatic heterocycles. The number of amides is 1. The number of benzene rings is 2. The molecule has 1 saturated heterocycles. The van der Waals surface area contributed by atoms with Crippen LogP contribution in [0.5, 0.6) is 5.75 Å². The third-order valence-corrected chi connectivity index (χ3v) is 5.53. The van der Waals surface area contributed by atoms with Gasteiger partial charge in [0.2, 0.25) is 0 Å². The molecule has 8 nitrogen and oxygen atoms in total. The van der Waals surface area contributed by atoms with Gasteiger partial charge >= 0.3 is 5.97 Å². The Morgan fingerprint density at radius 3 is 2.36 bits per heavy atom. The Morgan fingerprint density at radius 2 is 1.76 bits per heavy atom. The van der Waals surface area contributed by atoms with Gasteiger partial charge in [-0.1, -0.05) is 24.3 Å². The maximum absolute atomic E-state index is 13.1. The van der Waals surface area contributed by atoms with Gasteiger partial charge in [-0.25, -0.2) is 4.79 Å². The number of carbonyl (C=O) groups excluding carboxylic acids is 3. The number of nitrogens with zero attached hydrogens (tertiary/aromatic N) is 2. The van der Waals surface area contributed by atoms with Gasteiger partial charge in [0.1, 0.15) is 11.5 Å². The van der Waals surface area contributed by atoms with Gasteiger partial charge < -0.3 is 24.4 Å². The molecule has 2 aromatic carbocycles. The topological polar surface area (TPSA) is 96.4 Å². The van der Waals surface area contributed by atoms with E-state index >= 15 is 0 Å². The number of rotatable bonds is 8. The molecule has 0 bridgehead atoms. The third kappa shape index (κ3) is 5.06. The third-order valence-electron chi connectivity index (χ3n) is 5.53. The molecule has 0 aliphatic carbocycles. The average Bonchev–Trinajstić information content (AvgIpc) is 3.08. The van der Waals surface area contributed by atoms with Crippen LogP contribution < -0.4 is 4.74 Å². The average molecular weight is 453 g/mol. The van der Waals surface area contributed by atoms with Crippen molar-refractivity contribution in [2.75, 3.05) is 41.4 Å². The van der Waals surface area contributed by atoms with E-state index in [1.807, 2.05) is 19.0 Å². The summed E-state index contributed by atoms with van der Waals surface area (Å²) < 4.78 is 9.97. The zero-order valence-electron chi connectivity index (χ0n) is 19.2.